The van der Waals surface area contributed by atoms with E-state index in [1.807, 2.05) is 30.0 Å². The molecule has 90 valence electrons. The Bertz CT molecular complexity index is 328. The Hall–Kier alpha value is 0.440. The van der Waals surface area contributed by atoms with Gasteiger partial charge in [-0.3, -0.25) is 0 Å². The first kappa shape index (κ1) is 14.5. The standard InChI is InChI=1S/C12H15Cl3S/c1-9(4-6-13)5-7-16-10-2-3-11(14)12(15)8-10/h2-3,8-9H,4-7H2,1H3. The summed E-state index contributed by atoms with van der Waals surface area (Å²) in [5.74, 6) is 2.53. The zero-order valence-electron chi connectivity index (χ0n) is 9.18. The summed E-state index contributed by atoms with van der Waals surface area (Å²) in [6.07, 6.45) is 2.27. The number of rotatable bonds is 6. The van der Waals surface area contributed by atoms with Gasteiger partial charge in [0.15, 0.2) is 0 Å². The van der Waals surface area contributed by atoms with E-state index in [9.17, 15) is 0 Å². The highest BCUT2D eigenvalue weighted by atomic mass is 35.5. The fourth-order valence-corrected chi connectivity index (χ4v) is 3.13. The molecule has 0 spiro atoms. The van der Waals surface area contributed by atoms with Crippen LogP contribution in [0.4, 0.5) is 0 Å². The number of hydrogen-bond acceptors (Lipinski definition) is 1. The molecule has 1 aromatic rings. The van der Waals surface area contributed by atoms with E-state index >= 15 is 0 Å². The Morgan fingerprint density at radius 2 is 1.94 bits per heavy atom. The van der Waals surface area contributed by atoms with E-state index < -0.39 is 0 Å². The molecule has 0 aliphatic heterocycles. The van der Waals surface area contributed by atoms with Crippen molar-refractivity contribution >= 4 is 46.6 Å². The van der Waals surface area contributed by atoms with Crippen LogP contribution in [0.1, 0.15) is 19.8 Å². The van der Waals surface area contributed by atoms with Crippen LogP contribution < -0.4 is 0 Å². The van der Waals surface area contributed by atoms with Gasteiger partial charge in [-0.15, -0.1) is 23.4 Å². The molecule has 0 aromatic heterocycles. The van der Waals surface area contributed by atoms with E-state index in [-0.39, 0.29) is 0 Å². The fraction of sp³-hybridized carbons (Fsp3) is 0.500. The monoisotopic (exact) mass is 296 g/mol. The Kier molecular flexibility index (Phi) is 6.98. The number of hydrogen-bond donors (Lipinski definition) is 0. The molecule has 4 heteroatoms. The molecule has 1 atom stereocenters. The number of alkyl halides is 1. The second-order valence-corrected chi connectivity index (χ2v) is 6.16. The zero-order chi connectivity index (χ0) is 12.0. The van der Waals surface area contributed by atoms with Gasteiger partial charge >= 0.3 is 0 Å². The summed E-state index contributed by atoms with van der Waals surface area (Å²) in [5.41, 5.74) is 0. The maximum absolute atomic E-state index is 5.94. The van der Waals surface area contributed by atoms with Crippen LogP contribution in [0.2, 0.25) is 10.0 Å². The van der Waals surface area contributed by atoms with E-state index in [1.54, 1.807) is 0 Å². The van der Waals surface area contributed by atoms with Gasteiger partial charge in [0.25, 0.3) is 0 Å². The van der Waals surface area contributed by atoms with Crippen LogP contribution in [0.15, 0.2) is 23.1 Å². The summed E-state index contributed by atoms with van der Waals surface area (Å²) in [6.45, 7) is 2.23. The lowest BCUT2D eigenvalue weighted by Crippen LogP contribution is -1.97. The van der Waals surface area contributed by atoms with Crippen molar-refractivity contribution in [1.29, 1.82) is 0 Å². The topological polar surface area (TPSA) is 0 Å². The molecule has 0 aliphatic carbocycles. The summed E-state index contributed by atoms with van der Waals surface area (Å²) >= 11 is 19.3. The summed E-state index contributed by atoms with van der Waals surface area (Å²) < 4.78 is 0. The first-order valence-corrected chi connectivity index (χ1v) is 7.55. The maximum Gasteiger partial charge on any atom is 0.0603 e. The molecule has 0 saturated heterocycles. The van der Waals surface area contributed by atoms with Gasteiger partial charge in [0, 0.05) is 10.8 Å². The van der Waals surface area contributed by atoms with Crippen LogP contribution in [0, 0.1) is 5.92 Å². The lowest BCUT2D eigenvalue weighted by atomic mass is 10.1. The Morgan fingerprint density at radius 3 is 2.56 bits per heavy atom. The molecular weight excluding hydrogens is 283 g/mol. The lowest BCUT2D eigenvalue weighted by molar-refractivity contribution is 0.552. The second-order valence-electron chi connectivity index (χ2n) is 3.80. The van der Waals surface area contributed by atoms with E-state index in [4.69, 9.17) is 34.8 Å². The SMILES string of the molecule is CC(CCCl)CCSc1ccc(Cl)c(Cl)c1. The first-order chi connectivity index (χ1) is 7.63. The summed E-state index contributed by atoms with van der Waals surface area (Å²) in [4.78, 5) is 1.17. The highest BCUT2D eigenvalue weighted by Gasteiger charge is 2.03. The van der Waals surface area contributed by atoms with Crippen LogP contribution in [-0.2, 0) is 0 Å². The molecule has 0 radical (unpaired) electrons. The van der Waals surface area contributed by atoms with Crippen LogP contribution >= 0.6 is 46.6 Å². The van der Waals surface area contributed by atoms with Gasteiger partial charge in [-0.05, 0) is 42.7 Å². The molecule has 1 unspecified atom stereocenters. The summed E-state index contributed by atoms with van der Waals surface area (Å²) in [5, 5.41) is 1.24. The highest BCUT2D eigenvalue weighted by molar-refractivity contribution is 7.99. The van der Waals surface area contributed by atoms with E-state index in [1.165, 1.54) is 11.3 Å². The molecule has 1 aromatic carbocycles. The molecule has 0 aliphatic rings. The third-order valence-electron chi connectivity index (χ3n) is 2.37. The minimum absolute atomic E-state index is 0.613. The van der Waals surface area contributed by atoms with Crippen molar-refractivity contribution in [2.75, 3.05) is 11.6 Å². The first-order valence-electron chi connectivity index (χ1n) is 5.27. The maximum atomic E-state index is 5.94. The van der Waals surface area contributed by atoms with Crippen molar-refractivity contribution < 1.29 is 0 Å². The third-order valence-corrected chi connectivity index (χ3v) is 4.36. The summed E-state index contributed by atoms with van der Waals surface area (Å²) in [6, 6.07) is 5.76. The molecule has 0 saturated carbocycles. The number of halogens is 3. The normalized spacial score (nSPS) is 12.8. The minimum Gasteiger partial charge on any atom is -0.127 e. The van der Waals surface area contributed by atoms with Crippen LogP contribution in [0.3, 0.4) is 0 Å². The predicted octanol–water partition coefficient (Wildman–Crippen LogP) is 5.74. The Morgan fingerprint density at radius 1 is 1.19 bits per heavy atom. The third kappa shape index (κ3) is 5.18. The van der Waals surface area contributed by atoms with Gasteiger partial charge < -0.3 is 0 Å². The average Bonchev–Trinajstić information content (AvgIpc) is 2.24. The smallest absolute Gasteiger partial charge is 0.0603 e. The van der Waals surface area contributed by atoms with Crippen molar-refractivity contribution in [3.63, 3.8) is 0 Å². The molecule has 0 amide bonds. The molecule has 1 rings (SSSR count). The minimum atomic E-state index is 0.613. The quantitative estimate of drug-likeness (QED) is 0.476. The number of thioether (sulfide) groups is 1. The van der Waals surface area contributed by atoms with Crippen LogP contribution in [0.5, 0.6) is 0 Å². The second kappa shape index (κ2) is 7.71. The zero-order valence-corrected chi connectivity index (χ0v) is 12.3. The van der Waals surface area contributed by atoms with Gasteiger partial charge in [-0.1, -0.05) is 30.1 Å². The molecule has 0 N–H and O–H groups in total. The Labute approximate surface area is 117 Å². The van der Waals surface area contributed by atoms with Crippen molar-refractivity contribution in [2.45, 2.75) is 24.7 Å². The summed E-state index contributed by atoms with van der Waals surface area (Å²) in [7, 11) is 0. The van der Waals surface area contributed by atoms with Gasteiger partial charge in [0.05, 0.1) is 10.0 Å². The lowest BCUT2D eigenvalue weighted by Gasteiger charge is -2.08. The Balaban J connectivity index is 2.34. The average molecular weight is 298 g/mol. The van der Waals surface area contributed by atoms with Crippen molar-refractivity contribution in [3.05, 3.63) is 28.2 Å². The highest BCUT2D eigenvalue weighted by Crippen LogP contribution is 2.28. The molecule has 0 nitrogen and oxygen atoms in total. The van der Waals surface area contributed by atoms with Crippen molar-refractivity contribution in [2.24, 2.45) is 5.92 Å². The number of benzene rings is 1. The van der Waals surface area contributed by atoms with Crippen molar-refractivity contribution in [3.8, 4) is 0 Å². The van der Waals surface area contributed by atoms with Gasteiger partial charge in [-0.25, -0.2) is 0 Å². The predicted molar refractivity (Wildman–Crippen MR) is 76.3 cm³/mol. The largest absolute Gasteiger partial charge is 0.127 e. The van der Waals surface area contributed by atoms with E-state index in [0.717, 1.165) is 18.1 Å². The van der Waals surface area contributed by atoms with E-state index in [0.29, 0.717) is 16.0 Å². The fourth-order valence-electron chi connectivity index (χ4n) is 1.28. The van der Waals surface area contributed by atoms with Crippen molar-refractivity contribution in [1.82, 2.24) is 0 Å². The van der Waals surface area contributed by atoms with Crippen LogP contribution in [-0.4, -0.2) is 11.6 Å². The van der Waals surface area contributed by atoms with Gasteiger partial charge in [0.2, 0.25) is 0 Å². The van der Waals surface area contributed by atoms with Crippen LogP contribution in [0.25, 0.3) is 0 Å². The van der Waals surface area contributed by atoms with Gasteiger partial charge in [-0.2, -0.15) is 0 Å². The van der Waals surface area contributed by atoms with Gasteiger partial charge in [0.1, 0.15) is 0 Å². The molecule has 16 heavy (non-hydrogen) atoms. The van der Waals surface area contributed by atoms with E-state index in [2.05, 4.69) is 6.92 Å². The molecule has 0 fully saturated rings. The molecular formula is C12H15Cl3S. The molecule has 0 heterocycles. The molecule has 0 bridgehead atoms.